The predicted octanol–water partition coefficient (Wildman–Crippen LogP) is -0.0133. The van der Waals surface area contributed by atoms with E-state index in [2.05, 4.69) is 22.7 Å². The molecule has 0 unspecified atom stereocenters. The van der Waals surface area contributed by atoms with Gasteiger partial charge < -0.3 is 25.8 Å². The molecule has 0 spiro atoms. The number of nitrogens with two attached hydrogens (primary N) is 1. The Bertz CT molecular complexity index is 401. The zero-order chi connectivity index (χ0) is 11.3. The van der Waals surface area contributed by atoms with E-state index in [1.54, 1.807) is 18.2 Å². The van der Waals surface area contributed by atoms with Gasteiger partial charge in [-0.15, -0.1) is 0 Å². The number of hydrogen-bond acceptors (Lipinski definition) is 3. The Labute approximate surface area is 114 Å². The summed E-state index contributed by atoms with van der Waals surface area (Å²) < 4.78 is 4.99. The molecule has 0 saturated carbocycles. The number of benzene rings is 1. The van der Waals surface area contributed by atoms with Crippen LogP contribution in [0.1, 0.15) is 5.56 Å². The fourth-order valence-corrected chi connectivity index (χ4v) is 1.03. The van der Waals surface area contributed by atoms with Crippen molar-refractivity contribution in [3.8, 4) is 11.5 Å². The number of hydrogen-bond donors (Lipinski definition) is 1. The first-order valence-electron chi connectivity index (χ1n) is 4.09. The van der Waals surface area contributed by atoms with Gasteiger partial charge >= 0.3 is 22.5 Å². The molecule has 0 bridgehead atoms. The van der Waals surface area contributed by atoms with Gasteiger partial charge in [-0.3, -0.25) is 5.73 Å². The van der Waals surface area contributed by atoms with Gasteiger partial charge in [-0.2, -0.15) is 0 Å². The zero-order valence-electron chi connectivity index (χ0n) is 8.92. The van der Waals surface area contributed by atoms with E-state index < -0.39 is 0 Å². The Morgan fingerprint density at radius 3 is 2.76 bits per heavy atom. The molecule has 95 valence electrons. The third kappa shape index (κ3) is 5.61. The largest absolute Gasteiger partial charge is 2.00 e. The maximum absolute atomic E-state index is 7.72. The number of para-hydroxylation sites is 1. The minimum Gasteiger partial charge on any atom is -0.870 e. The minimum atomic E-state index is 0. The Balaban J connectivity index is 0. The molecule has 0 atom stereocenters. The maximum Gasteiger partial charge on any atom is 2.00 e. The molecular formula is C9H13CoN3O3S+2. The standard InChI is InChI=1S/C9H11N3O2S.Co.H2O/c1-14-7-4-2-3-6(8(7)13)5-11-12-9(10)15;;/h2-5H,1H3,(H4,10,11,12,13,15);;1H2/q;+2;. The molecule has 0 aliphatic heterocycles. The van der Waals surface area contributed by atoms with E-state index in [0.717, 1.165) is 0 Å². The van der Waals surface area contributed by atoms with Crippen LogP contribution in [0.3, 0.4) is 0 Å². The molecule has 0 aromatic heterocycles. The quantitative estimate of drug-likeness (QED) is 0.278. The molecule has 0 fully saturated rings. The first-order chi connectivity index (χ1) is 7.15. The van der Waals surface area contributed by atoms with Crippen molar-refractivity contribution in [3.05, 3.63) is 29.2 Å². The van der Waals surface area contributed by atoms with Crippen molar-refractivity contribution in [2.75, 3.05) is 7.11 Å². The van der Waals surface area contributed by atoms with Crippen molar-refractivity contribution in [1.29, 1.82) is 0 Å². The number of rotatable bonds is 3. The van der Waals surface area contributed by atoms with Crippen LogP contribution in [-0.2, 0) is 29.0 Å². The average molecular weight is 302 g/mol. The molecule has 6 nitrogen and oxygen atoms in total. The molecular weight excluding hydrogens is 289 g/mol. The zero-order valence-corrected chi connectivity index (χ0v) is 10.9. The second kappa shape index (κ2) is 8.90. The van der Waals surface area contributed by atoms with Gasteiger partial charge in [0.15, 0.2) is 17.3 Å². The van der Waals surface area contributed by atoms with Gasteiger partial charge in [0.25, 0.3) is 0 Å². The van der Waals surface area contributed by atoms with Gasteiger partial charge in [0.1, 0.15) is 0 Å². The van der Waals surface area contributed by atoms with Crippen molar-refractivity contribution >= 4 is 23.5 Å². The van der Waals surface area contributed by atoms with Crippen molar-refractivity contribution in [3.63, 3.8) is 0 Å². The fraction of sp³-hybridized carbons (Fsp3) is 0.111. The van der Waals surface area contributed by atoms with Crippen LogP contribution in [0.25, 0.3) is 5.43 Å². The van der Waals surface area contributed by atoms with E-state index in [0.29, 0.717) is 11.3 Å². The van der Waals surface area contributed by atoms with Crippen LogP contribution in [0.5, 0.6) is 11.5 Å². The maximum atomic E-state index is 7.72. The molecule has 0 aliphatic rings. The van der Waals surface area contributed by atoms with Crippen LogP contribution in [0.15, 0.2) is 23.3 Å². The summed E-state index contributed by atoms with van der Waals surface area (Å²) in [4.78, 5) is 0. The monoisotopic (exact) mass is 302 g/mol. The second-order valence-electron chi connectivity index (χ2n) is 2.63. The molecule has 17 heavy (non-hydrogen) atoms. The summed E-state index contributed by atoms with van der Waals surface area (Å²) in [5.41, 5.74) is 9.30. The summed E-state index contributed by atoms with van der Waals surface area (Å²) in [5, 5.41) is 11.5. The molecule has 1 rings (SSSR count). The van der Waals surface area contributed by atoms with Crippen molar-refractivity contribution in [1.82, 2.24) is 0 Å². The molecule has 1 aromatic carbocycles. The summed E-state index contributed by atoms with van der Waals surface area (Å²) in [6.07, 6.45) is 1.42. The topological polar surface area (TPSA) is 115 Å². The molecule has 0 saturated heterocycles. The summed E-state index contributed by atoms with van der Waals surface area (Å²) >= 11 is 3.75. The molecule has 1 radical (unpaired) electrons. The predicted molar refractivity (Wildman–Crippen MR) is 66.9 cm³/mol. The normalized spacial score (nSPS) is 9.06. The van der Waals surface area contributed by atoms with Gasteiger partial charge in [-0.25, -0.2) is 0 Å². The van der Waals surface area contributed by atoms with Crippen LogP contribution in [-0.4, -0.2) is 29.0 Å². The molecule has 8 heteroatoms. The summed E-state index contributed by atoms with van der Waals surface area (Å²) in [5.74, 6) is 0.749. The fourth-order valence-electron chi connectivity index (χ4n) is 0.976. The molecule has 0 heterocycles. The van der Waals surface area contributed by atoms with Crippen molar-refractivity contribution < 1.29 is 32.1 Å². The van der Waals surface area contributed by atoms with E-state index in [4.69, 9.17) is 15.6 Å². The van der Waals surface area contributed by atoms with E-state index in [9.17, 15) is 0 Å². The Hall–Kier alpha value is -1.19. The van der Waals surface area contributed by atoms with Crippen LogP contribution < -0.4 is 10.5 Å². The van der Waals surface area contributed by atoms with Crippen molar-refractivity contribution in [2.45, 2.75) is 0 Å². The Kier molecular flexibility index (Phi) is 9.52. The third-order valence-corrected chi connectivity index (χ3v) is 1.72. The minimum absolute atomic E-state index is 0. The number of methoxy groups -OCH3 is 1. The first-order valence-corrected chi connectivity index (χ1v) is 4.54. The number of nitrogens with zero attached hydrogens (tertiary/aromatic N) is 2. The van der Waals surface area contributed by atoms with E-state index in [1.807, 2.05) is 0 Å². The Morgan fingerprint density at radius 1 is 1.59 bits per heavy atom. The Morgan fingerprint density at radius 2 is 2.24 bits per heavy atom. The van der Waals surface area contributed by atoms with Crippen molar-refractivity contribution in [2.24, 2.45) is 10.8 Å². The van der Waals surface area contributed by atoms with Crippen LogP contribution in [0, 0.1) is 0 Å². The summed E-state index contributed by atoms with van der Waals surface area (Å²) in [6, 6.07) is 5.21. The van der Waals surface area contributed by atoms with Crippen LogP contribution >= 0.6 is 0 Å². The van der Waals surface area contributed by atoms with E-state index in [1.165, 1.54) is 13.3 Å². The van der Waals surface area contributed by atoms with Gasteiger partial charge in [-0.05, 0) is 12.1 Å². The molecule has 0 amide bonds. The second-order valence-corrected chi connectivity index (χ2v) is 3.09. The smallest absolute Gasteiger partial charge is 0.870 e. The summed E-state index contributed by atoms with van der Waals surface area (Å²) in [7, 11) is 1.51. The SMILES string of the molecule is COc1cccc(C=N[N-]C(N)=[SH+])c1[OH2+].[Co+2].[OH-]. The average Bonchev–Trinajstić information content (AvgIpc) is 2.20. The number of ether oxygens (including phenoxy) is 1. The molecule has 5 N–H and O–H groups in total. The van der Waals surface area contributed by atoms with Gasteiger partial charge in [-0.1, -0.05) is 6.07 Å². The molecule has 1 aromatic rings. The van der Waals surface area contributed by atoms with Gasteiger partial charge in [0.05, 0.1) is 12.7 Å². The summed E-state index contributed by atoms with van der Waals surface area (Å²) in [6.45, 7) is 0. The van der Waals surface area contributed by atoms with E-state index >= 15 is 0 Å². The van der Waals surface area contributed by atoms with E-state index in [-0.39, 0.29) is 33.1 Å². The van der Waals surface area contributed by atoms with Gasteiger partial charge in [0.2, 0.25) is 5.75 Å². The first kappa shape index (κ1) is 18.2. The van der Waals surface area contributed by atoms with Crippen LogP contribution in [0.4, 0.5) is 0 Å². The van der Waals surface area contributed by atoms with Gasteiger partial charge in [0, 0.05) is 6.21 Å². The third-order valence-electron chi connectivity index (χ3n) is 1.64. The number of thiol groups is 1. The van der Waals surface area contributed by atoms with Crippen LogP contribution in [0.2, 0.25) is 0 Å². The molecule has 0 aliphatic carbocycles.